The van der Waals surface area contributed by atoms with E-state index in [-0.39, 0.29) is 6.01 Å². The van der Waals surface area contributed by atoms with Gasteiger partial charge in [-0.3, -0.25) is 0 Å². The second-order valence-corrected chi connectivity index (χ2v) is 6.54. The van der Waals surface area contributed by atoms with Crippen LogP contribution in [-0.4, -0.2) is 37.7 Å². The largest absolute Gasteiger partial charge is 0.388 e. The Morgan fingerprint density at radius 3 is 2.33 bits per heavy atom. The molecule has 86 valence electrons. The molecule has 0 bridgehead atoms. The van der Waals surface area contributed by atoms with Crippen molar-refractivity contribution in [2.75, 3.05) is 33.2 Å². The normalized spacial score (nSPS) is 11.5. The number of aromatic nitrogens is 2. The summed E-state index contributed by atoms with van der Waals surface area (Å²) < 4.78 is 19.2. The molecule has 0 aliphatic heterocycles. The average Bonchev–Trinajstić information content (AvgIpc) is 2.66. The standard InChI is InChI=1S/C6H12N3O3PS2/c1-9(2)6-7-5(8-15-6)12-13(14,10-3)11-4/h1-4H3. The monoisotopic (exact) mass is 269 g/mol. The van der Waals surface area contributed by atoms with Crippen LogP contribution in [0.5, 0.6) is 6.01 Å². The molecule has 0 amide bonds. The Balaban J connectivity index is 2.76. The minimum atomic E-state index is -2.72. The third kappa shape index (κ3) is 3.35. The van der Waals surface area contributed by atoms with Crippen molar-refractivity contribution in [3.8, 4) is 6.01 Å². The molecule has 15 heavy (non-hydrogen) atoms. The topological polar surface area (TPSA) is 56.7 Å². The minimum Gasteiger partial charge on any atom is -0.388 e. The third-order valence-corrected chi connectivity index (χ3v) is 4.69. The second kappa shape index (κ2) is 5.18. The molecule has 0 fully saturated rings. The Morgan fingerprint density at radius 1 is 1.33 bits per heavy atom. The van der Waals surface area contributed by atoms with E-state index >= 15 is 0 Å². The lowest BCUT2D eigenvalue weighted by Crippen LogP contribution is -2.07. The van der Waals surface area contributed by atoms with Crippen molar-refractivity contribution in [2.24, 2.45) is 0 Å². The van der Waals surface area contributed by atoms with E-state index < -0.39 is 6.72 Å². The van der Waals surface area contributed by atoms with E-state index in [2.05, 4.69) is 9.36 Å². The molecule has 6 nitrogen and oxygen atoms in total. The minimum absolute atomic E-state index is 0.190. The molecule has 0 radical (unpaired) electrons. The van der Waals surface area contributed by atoms with Crippen LogP contribution in [-0.2, 0) is 20.9 Å². The van der Waals surface area contributed by atoms with Gasteiger partial charge in [0.2, 0.25) is 5.13 Å². The average molecular weight is 269 g/mol. The number of hydrogen-bond donors (Lipinski definition) is 0. The predicted octanol–water partition coefficient (Wildman–Crippen LogP) is 1.50. The van der Waals surface area contributed by atoms with Crippen LogP contribution in [0.3, 0.4) is 0 Å². The Hall–Kier alpha value is -0.270. The third-order valence-electron chi connectivity index (χ3n) is 1.42. The van der Waals surface area contributed by atoms with E-state index in [1.165, 1.54) is 25.8 Å². The molecule has 0 saturated heterocycles. The molecule has 1 heterocycles. The summed E-state index contributed by atoms with van der Waals surface area (Å²) in [7, 11) is 6.60. The summed E-state index contributed by atoms with van der Waals surface area (Å²) in [5.41, 5.74) is 0. The summed E-state index contributed by atoms with van der Waals surface area (Å²) in [6.07, 6.45) is 0. The molecule has 9 heteroatoms. The Labute approximate surface area is 97.6 Å². The Kier molecular flexibility index (Phi) is 4.42. The molecule has 0 atom stereocenters. The smallest absolute Gasteiger partial charge is 0.382 e. The highest BCUT2D eigenvalue weighted by atomic mass is 32.5. The molecule has 0 N–H and O–H groups in total. The molecule has 1 rings (SSSR count). The van der Waals surface area contributed by atoms with Crippen LogP contribution < -0.4 is 9.42 Å². The van der Waals surface area contributed by atoms with Gasteiger partial charge in [0, 0.05) is 51.7 Å². The van der Waals surface area contributed by atoms with Crippen LogP contribution in [0.25, 0.3) is 0 Å². The van der Waals surface area contributed by atoms with Gasteiger partial charge < -0.3 is 18.5 Å². The highest BCUT2D eigenvalue weighted by Crippen LogP contribution is 2.47. The van der Waals surface area contributed by atoms with Gasteiger partial charge in [-0.2, -0.15) is 4.98 Å². The van der Waals surface area contributed by atoms with E-state index in [4.69, 9.17) is 25.4 Å². The van der Waals surface area contributed by atoms with Crippen LogP contribution in [0.4, 0.5) is 5.13 Å². The Bertz CT molecular complexity index is 362. The lowest BCUT2D eigenvalue weighted by Gasteiger charge is -2.15. The first-order valence-corrected chi connectivity index (χ1v) is 7.26. The zero-order chi connectivity index (χ0) is 11.5. The first-order valence-electron chi connectivity index (χ1n) is 3.93. The van der Waals surface area contributed by atoms with Crippen LogP contribution in [0.15, 0.2) is 0 Å². The summed E-state index contributed by atoms with van der Waals surface area (Å²) in [6, 6.07) is 0.190. The van der Waals surface area contributed by atoms with E-state index in [1.807, 2.05) is 19.0 Å². The number of rotatable bonds is 5. The molecule has 0 unspecified atom stereocenters. The second-order valence-electron chi connectivity index (χ2n) is 2.66. The maximum Gasteiger partial charge on any atom is 0.382 e. The summed E-state index contributed by atoms with van der Waals surface area (Å²) in [5, 5.41) is 0.735. The zero-order valence-corrected chi connectivity index (χ0v) is 11.4. The van der Waals surface area contributed by atoms with Gasteiger partial charge in [0.25, 0.3) is 0 Å². The van der Waals surface area contributed by atoms with Crippen molar-refractivity contribution in [1.82, 2.24) is 9.36 Å². The van der Waals surface area contributed by atoms with Gasteiger partial charge in [-0.15, -0.1) is 4.37 Å². The van der Waals surface area contributed by atoms with Gasteiger partial charge in [0.05, 0.1) is 0 Å². The Morgan fingerprint density at radius 2 is 1.93 bits per heavy atom. The van der Waals surface area contributed by atoms with Gasteiger partial charge in [-0.05, 0) is 0 Å². The molecular weight excluding hydrogens is 257 g/mol. The van der Waals surface area contributed by atoms with Gasteiger partial charge in [-0.25, -0.2) is 0 Å². The van der Waals surface area contributed by atoms with Gasteiger partial charge in [0.1, 0.15) is 0 Å². The zero-order valence-electron chi connectivity index (χ0n) is 8.83. The quantitative estimate of drug-likeness (QED) is 0.751. The van der Waals surface area contributed by atoms with Crippen molar-refractivity contribution in [2.45, 2.75) is 0 Å². The first-order chi connectivity index (χ1) is 7.00. The van der Waals surface area contributed by atoms with Crippen LogP contribution >= 0.6 is 18.3 Å². The molecule has 0 aliphatic carbocycles. The van der Waals surface area contributed by atoms with Crippen LogP contribution in [0, 0.1) is 0 Å². The summed E-state index contributed by atoms with van der Waals surface area (Å²) in [5.74, 6) is 0. The summed E-state index contributed by atoms with van der Waals surface area (Å²) in [6.45, 7) is -2.72. The highest BCUT2D eigenvalue weighted by Gasteiger charge is 2.21. The molecule has 1 aromatic heterocycles. The van der Waals surface area contributed by atoms with Crippen molar-refractivity contribution < 1.29 is 13.6 Å². The molecule has 1 aromatic rings. The molecule has 0 saturated carbocycles. The summed E-state index contributed by atoms with van der Waals surface area (Å²) in [4.78, 5) is 5.93. The van der Waals surface area contributed by atoms with Gasteiger partial charge >= 0.3 is 12.7 Å². The first kappa shape index (κ1) is 12.8. The van der Waals surface area contributed by atoms with Crippen molar-refractivity contribution in [1.29, 1.82) is 0 Å². The fourth-order valence-corrected chi connectivity index (χ4v) is 2.03. The fraction of sp³-hybridized carbons (Fsp3) is 0.667. The van der Waals surface area contributed by atoms with E-state index in [0.29, 0.717) is 0 Å². The van der Waals surface area contributed by atoms with Gasteiger partial charge in [-0.1, -0.05) is 0 Å². The molecule has 0 aromatic carbocycles. The maximum absolute atomic E-state index is 5.27. The van der Waals surface area contributed by atoms with E-state index in [9.17, 15) is 0 Å². The molecule has 0 aliphatic rings. The lowest BCUT2D eigenvalue weighted by molar-refractivity contribution is 0.268. The highest BCUT2D eigenvalue weighted by molar-refractivity contribution is 8.07. The van der Waals surface area contributed by atoms with Gasteiger partial charge in [0.15, 0.2) is 0 Å². The number of nitrogens with zero attached hydrogens (tertiary/aromatic N) is 3. The fourth-order valence-electron chi connectivity index (χ4n) is 0.670. The van der Waals surface area contributed by atoms with Crippen molar-refractivity contribution in [3.05, 3.63) is 0 Å². The van der Waals surface area contributed by atoms with Crippen LogP contribution in [0.2, 0.25) is 0 Å². The van der Waals surface area contributed by atoms with E-state index in [1.54, 1.807) is 0 Å². The lowest BCUT2D eigenvalue weighted by atomic mass is 10.9. The van der Waals surface area contributed by atoms with Crippen molar-refractivity contribution >= 4 is 35.2 Å². The molecular formula is C6H12N3O3PS2. The van der Waals surface area contributed by atoms with Crippen molar-refractivity contribution in [3.63, 3.8) is 0 Å². The number of hydrogen-bond acceptors (Lipinski definition) is 8. The van der Waals surface area contributed by atoms with E-state index in [0.717, 1.165) is 5.13 Å². The maximum atomic E-state index is 5.27. The number of anilines is 1. The summed E-state index contributed by atoms with van der Waals surface area (Å²) >= 11 is 6.24. The predicted molar refractivity (Wildman–Crippen MR) is 63.2 cm³/mol. The SMILES string of the molecule is COP(=S)(OC)Oc1nsc(N(C)C)n1. The van der Waals surface area contributed by atoms with Crippen LogP contribution in [0.1, 0.15) is 0 Å². The molecule has 0 spiro atoms.